The van der Waals surface area contributed by atoms with E-state index in [1.54, 1.807) is 0 Å². The summed E-state index contributed by atoms with van der Waals surface area (Å²) in [5.41, 5.74) is 0. The van der Waals surface area contributed by atoms with Gasteiger partial charge in [0.2, 0.25) is 0 Å². The summed E-state index contributed by atoms with van der Waals surface area (Å²) in [6, 6.07) is 0. The summed E-state index contributed by atoms with van der Waals surface area (Å²) in [6.07, 6.45) is 43.5. The van der Waals surface area contributed by atoms with Crippen molar-refractivity contribution in [3.8, 4) is 0 Å². The van der Waals surface area contributed by atoms with E-state index in [1.165, 1.54) is 161 Å². The van der Waals surface area contributed by atoms with Gasteiger partial charge >= 0.3 is 8.80 Å². The summed E-state index contributed by atoms with van der Waals surface area (Å²) >= 11 is 4.80. The molecule has 0 bridgehead atoms. The number of hydrogen-bond donors (Lipinski definition) is 1. The lowest BCUT2D eigenvalue weighted by Crippen LogP contribution is -2.56. The van der Waals surface area contributed by atoms with E-state index < -0.39 is 13.7 Å². The normalized spacial score (nSPS) is 12.3. The predicted molar refractivity (Wildman–Crippen MR) is 227 cm³/mol. The van der Waals surface area contributed by atoms with Crippen LogP contribution in [0.4, 0.5) is 0 Å². The molecule has 0 aliphatic heterocycles. The van der Waals surface area contributed by atoms with Gasteiger partial charge < -0.3 is 8.85 Å². The minimum atomic E-state index is -3.86. The first kappa shape index (κ1) is 51.4. The fraction of sp³-hybridized carbons (Fsp3) is 0.955. The Morgan fingerprint density at radius 3 is 0.942 bits per heavy atom. The zero-order valence-electron chi connectivity index (χ0n) is 35.1. The molecule has 0 aliphatic carbocycles. The maximum Gasteiger partial charge on any atom is 0.677 e. The fourth-order valence-electron chi connectivity index (χ4n) is 7.00. The van der Waals surface area contributed by atoms with E-state index in [-0.39, 0.29) is 24.8 Å². The molecular formula is C44H88O6SSi. The second-order valence-electron chi connectivity index (χ2n) is 15.6. The average molecular weight is 773 g/mol. The van der Waals surface area contributed by atoms with Gasteiger partial charge in [-0.15, -0.1) is 0 Å². The number of unbranched alkanes of at least 4 members (excludes halogenated alkanes) is 31. The monoisotopic (exact) mass is 773 g/mol. The molecule has 0 aliphatic rings. The Balaban J connectivity index is 4.43. The van der Waals surface area contributed by atoms with Crippen LogP contribution in [0.5, 0.6) is 0 Å². The highest BCUT2D eigenvalue weighted by molar-refractivity contribution is 7.83. The molecule has 0 aromatic rings. The third kappa shape index (κ3) is 32.8. The average Bonchev–Trinajstić information content (AvgIpc) is 3.13. The van der Waals surface area contributed by atoms with E-state index in [1.807, 2.05) is 0 Å². The minimum absolute atomic E-state index is 0.285. The summed E-state index contributed by atoms with van der Waals surface area (Å²) in [7, 11) is -2.48. The molecule has 0 heterocycles. The summed E-state index contributed by atoms with van der Waals surface area (Å²) in [5, 5.41) is 0. The highest BCUT2D eigenvalue weighted by Crippen LogP contribution is 2.27. The SMILES string of the molecule is CCCCCCCCCCCCCCCCCC(=O)O[Si](OOC)(OC(=O)CCCCCCCCCCCCCCCCC)C(S)CCCCCC. The smallest absolute Gasteiger partial charge is 0.462 e. The molecule has 0 saturated carbocycles. The van der Waals surface area contributed by atoms with Crippen LogP contribution in [0.15, 0.2) is 0 Å². The van der Waals surface area contributed by atoms with Gasteiger partial charge in [0.25, 0.3) is 11.9 Å². The highest BCUT2D eigenvalue weighted by atomic mass is 32.1. The molecule has 0 amide bonds. The lowest BCUT2D eigenvalue weighted by molar-refractivity contribution is -0.228. The van der Waals surface area contributed by atoms with Crippen LogP contribution in [0.25, 0.3) is 0 Å². The number of carbonyl (C=O) groups is 2. The van der Waals surface area contributed by atoms with Crippen LogP contribution in [-0.4, -0.2) is 32.7 Å². The molecule has 52 heavy (non-hydrogen) atoms. The molecule has 1 unspecified atom stereocenters. The molecule has 0 N–H and O–H groups in total. The van der Waals surface area contributed by atoms with Gasteiger partial charge in [0.15, 0.2) is 0 Å². The third-order valence-electron chi connectivity index (χ3n) is 10.4. The molecule has 0 radical (unpaired) electrons. The van der Waals surface area contributed by atoms with Crippen molar-refractivity contribution in [3.63, 3.8) is 0 Å². The van der Waals surface area contributed by atoms with Crippen molar-refractivity contribution < 1.29 is 27.9 Å². The van der Waals surface area contributed by atoms with Gasteiger partial charge in [0.1, 0.15) is 0 Å². The molecule has 0 aromatic heterocycles. The Morgan fingerprint density at radius 2 is 0.673 bits per heavy atom. The number of hydrogen-bond acceptors (Lipinski definition) is 7. The fourth-order valence-corrected chi connectivity index (χ4v) is 9.75. The lowest BCUT2D eigenvalue weighted by Gasteiger charge is -2.30. The highest BCUT2D eigenvalue weighted by Gasteiger charge is 2.57. The molecule has 0 fully saturated rings. The third-order valence-corrected chi connectivity index (χ3v) is 14.2. The van der Waals surface area contributed by atoms with Crippen LogP contribution in [0.1, 0.15) is 258 Å². The second kappa shape index (κ2) is 40.1. The van der Waals surface area contributed by atoms with Crippen molar-refractivity contribution in [1.29, 1.82) is 0 Å². The van der Waals surface area contributed by atoms with Crippen molar-refractivity contribution in [2.24, 2.45) is 0 Å². The van der Waals surface area contributed by atoms with Gasteiger partial charge in [-0.05, 0) is 19.3 Å². The second-order valence-corrected chi connectivity index (χ2v) is 19.2. The van der Waals surface area contributed by atoms with Crippen LogP contribution in [0.3, 0.4) is 0 Å². The van der Waals surface area contributed by atoms with Crippen molar-refractivity contribution in [2.75, 3.05) is 7.11 Å². The maximum absolute atomic E-state index is 13.1. The quantitative estimate of drug-likeness (QED) is 0.0219. The molecule has 0 aromatic carbocycles. The topological polar surface area (TPSA) is 71.1 Å². The van der Waals surface area contributed by atoms with Gasteiger partial charge in [-0.1, -0.05) is 226 Å². The number of carbonyl (C=O) groups excluding carboxylic acids is 2. The molecule has 0 saturated heterocycles. The van der Waals surface area contributed by atoms with E-state index >= 15 is 0 Å². The van der Waals surface area contributed by atoms with Crippen LogP contribution in [0.2, 0.25) is 0 Å². The molecule has 1 atom stereocenters. The van der Waals surface area contributed by atoms with Crippen molar-refractivity contribution in [1.82, 2.24) is 0 Å². The van der Waals surface area contributed by atoms with Crippen molar-refractivity contribution in [2.45, 2.75) is 263 Å². The van der Waals surface area contributed by atoms with E-state index in [0.717, 1.165) is 64.2 Å². The predicted octanol–water partition coefficient (Wildman–Crippen LogP) is 14.9. The first-order chi connectivity index (χ1) is 25.5. The van der Waals surface area contributed by atoms with Gasteiger partial charge in [-0.3, -0.25) is 9.59 Å². The van der Waals surface area contributed by atoms with E-state index in [9.17, 15) is 9.59 Å². The van der Waals surface area contributed by atoms with Gasteiger partial charge in [0.05, 0.1) is 12.0 Å². The summed E-state index contributed by atoms with van der Waals surface area (Å²) < 4.78 is 17.5. The molecule has 8 heteroatoms. The van der Waals surface area contributed by atoms with Crippen LogP contribution < -0.4 is 0 Å². The Kier molecular flexibility index (Phi) is 39.7. The Labute approximate surface area is 330 Å². The molecular weight excluding hydrogens is 685 g/mol. The lowest BCUT2D eigenvalue weighted by atomic mass is 10.0. The van der Waals surface area contributed by atoms with Gasteiger partial charge in [0, 0.05) is 12.8 Å². The summed E-state index contributed by atoms with van der Waals surface area (Å²) in [6.45, 7) is 6.72. The first-order valence-electron chi connectivity index (χ1n) is 22.8. The zero-order valence-corrected chi connectivity index (χ0v) is 37.0. The maximum atomic E-state index is 13.1. The van der Waals surface area contributed by atoms with Gasteiger partial charge in [-0.2, -0.15) is 17.2 Å². The molecule has 0 spiro atoms. The molecule has 310 valence electrons. The molecule has 6 nitrogen and oxygen atoms in total. The zero-order chi connectivity index (χ0) is 38.2. The summed E-state index contributed by atoms with van der Waals surface area (Å²) in [4.78, 5) is 30.7. The van der Waals surface area contributed by atoms with Crippen molar-refractivity contribution >= 4 is 33.4 Å². The largest absolute Gasteiger partial charge is 0.677 e. The van der Waals surface area contributed by atoms with Crippen LogP contribution in [-0.2, 0) is 27.9 Å². The Morgan fingerprint density at radius 1 is 0.423 bits per heavy atom. The van der Waals surface area contributed by atoms with Crippen LogP contribution >= 0.6 is 12.6 Å². The standard InChI is InChI=1S/C44H88O6SSi/c1-5-8-11-14-16-18-20-22-24-26-28-30-32-34-36-39-42(45)48-52(50-47-4,44(51)41-38-13-10-7-3)49-43(46)40-37-35-33-31-29-27-25-23-21-19-17-15-12-9-6-2/h44,51H,5-41H2,1-4H3. The first-order valence-corrected chi connectivity index (χ1v) is 25.1. The van der Waals surface area contributed by atoms with E-state index in [2.05, 4.69) is 20.8 Å². The van der Waals surface area contributed by atoms with E-state index in [4.69, 9.17) is 30.9 Å². The number of thiol groups is 1. The minimum Gasteiger partial charge on any atom is -0.462 e. The van der Waals surface area contributed by atoms with Crippen molar-refractivity contribution in [3.05, 3.63) is 0 Å². The number of rotatable bonds is 42. The Bertz CT molecular complexity index is 721. The molecule has 0 rings (SSSR count). The van der Waals surface area contributed by atoms with Gasteiger partial charge in [-0.25, -0.2) is 4.89 Å². The van der Waals surface area contributed by atoms with E-state index in [0.29, 0.717) is 6.42 Å². The summed E-state index contributed by atoms with van der Waals surface area (Å²) in [5.74, 6) is -0.767. The Hall–Kier alpha value is -0.573. The van der Waals surface area contributed by atoms with Crippen LogP contribution in [0, 0.1) is 0 Å².